The molecule has 0 fully saturated rings. The fourth-order valence-electron chi connectivity index (χ4n) is 1.43. The largest absolute Gasteiger partial charge is 0.394 e. The van der Waals surface area contributed by atoms with Crippen molar-refractivity contribution in [2.75, 3.05) is 17.6 Å². The Kier molecular flexibility index (Phi) is 2.82. The lowest BCUT2D eigenvalue weighted by molar-refractivity contribution is -0.164. The number of hydrogen-bond acceptors (Lipinski definition) is 2. The summed E-state index contributed by atoms with van der Waals surface area (Å²) in [6.45, 7) is -0.0342. The highest BCUT2D eigenvalue weighted by atomic mass is 32.2. The average molecular weight is 233 g/mol. The SMILES string of the molecule is FC(F)(F)C1CNc2ccccc2SC1. The van der Waals surface area contributed by atoms with E-state index in [0.717, 1.165) is 10.6 Å². The molecule has 0 aliphatic carbocycles. The minimum Gasteiger partial charge on any atom is -0.383 e. The summed E-state index contributed by atoms with van der Waals surface area (Å²) < 4.78 is 37.5. The fraction of sp³-hybridized carbons (Fsp3) is 0.400. The molecule has 0 aromatic heterocycles. The van der Waals surface area contributed by atoms with Gasteiger partial charge in [0, 0.05) is 22.9 Å². The van der Waals surface area contributed by atoms with E-state index in [2.05, 4.69) is 5.32 Å². The predicted octanol–water partition coefficient (Wildman–Crippen LogP) is 3.38. The van der Waals surface area contributed by atoms with E-state index in [1.807, 2.05) is 18.2 Å². The molecule has 15 heavy (non-hydrogen) atoms. The Bertz CT molecular complexity index is 324. The first-order valence-corrected chi connectivity index (χ1v) is 5.58. The van der Waals surface area contributed by atoms with E-state index in [4.69, 9.17) is 0 Å². The van der Waals surface area contributed by atoms with Gasteiger partial charge in [0.1, 0.15) is 0 Å². The highest BCUT2D eigenvalue weighted by molar-refractivity contribution is 7.99. The van der Waals surface area contributed by atoms with Gasteiger partial charge in [-0.25, -0.2) is 0 Å². The van der Waals surface area contributed by atoms with Crippen LogP contribution < -0.4 is 5.32 Å². The number of halogens is 3. The van der Waals surface area contributed by atoms with Gasteiger partial charge in [0.2, 0.25) is 0 Å². The van der Waals surface area contributed by atoms with Gasteiger partial charge in [0.15, 0.2) is 0 Å². The summed E-state index contributed by atoms with van der Waals surface area (Å²) in [5.41, 5.74) is 0.800. The Morgan fingerprint density at radius 1 is 1.27 bits per heavy atom. The van der Waals surface area contributed by atoms with Crippen LogP contribution in [0.15, 0.2) is 29.2 Å². The second-order valence-corrected chi connectivity index (χ2v) is 4.49. The van der Waals surface area contributed by atoms with Crippen molar-refractivity contribution in [2.24, 2.45) is 5.92 Å². The van der Waals surface area contributed by atoms with E-state index < -0.39 is 12.1 Å². The van der Waals surface area contributed by atoms with Crippen LogP contribution in [0.5, 0.6) is 0 Å². The van der Waals surface area contributed by atoms with Crippen molar-refractivity contribution in [1.29, 1.82) is 0 Å². The van der Waals surface area contributed by atoms with Crippen LogP contribution in [0, 0.1) is 5.92 Å². The number of rotatable bonds is 0. The minimum atomic E-state index is -4.11. The van der Waals surface area contributed by atoms with Crippen LogP contribution >= 0.6 is 11.8 Å². The number of para-hydroxylation sites is 1. The Labute approximate surface area is 90.1 Å². The minimum absolute atomic E-state index is 0.0342. The molecular formula is C10H10F3NS. The van der Waals surface area contributed by atoms with E-state index in [0.29, 0.717) is 0 Å². The van der Waals surface area contributed by atoms with Gasteiger partial charge >= 0.3 is 6.18 Å². The first kappa shape index (κ1) is 10.7. The van der Waals surface area contributed by atoms with Crippen LogP contribution in [0.2, 0.25) is 0 Å². The number of hydrogen-bond donors (Lipinski definition) is 1. The van der Waals surface area contributed by atoms with Crippen LogP contribution in [0.1, 0.15) is 0 Å². The van der Waals surface area contributed by atoms with E-state index >= 15 is 0 Å². The molecule has 5 heteroatoms. The van der Waals surface area contributed by atoms with Crippen molar-refractivity contribution >= 4 is 17.4 Å². The molecule has 0 spiro atoms. The Morgan fingerprint density at radius 3 is 2.73 bits per heavy atom. The summed E-state index contributed by atoms with van der Waals surface area (Å²) in [5, 5.41) is 2.84. The van der Waals surface area contributed by atoms with Crippen LogP contribution in [0.25, 0.3) is 0 Å². The summed E-state index contributed by atoms with van der Waals surface area (Å²) in [5.74, 6) is -1.18. The molecule has 1 aromatic carbocycles. The number of alkyl halides is 3. The van der Waals surface area contributed by atoms with Gasteiger partial charge in [-0.2, -0.15) is 13.2 Å². The van der Waals surface area contributed by atoms with Crippen molar-refractivity contribution in [3.05, 3.63) is 24.3 Å². The lowest BCUT2D eigenvalue weighted by atomic mass is 10.1. The van der Waals surface area contributed by atoms with Gasteiger partial charge in [-0.3, -0.25) is 0 Å². The van der Waals surface area contributed by atoms with Crippen LogP contribution in [-0.2, 0) is 0 Å². The Balaban J connectivity index is 2.15. The second-order valence-electron chi connectivity index (χ2n) is 3.43. The van der Waals surface area contributed by atoms with Gasteiger partial charge < -0.3 is 5.32 Å². The maximum atomic E-state index is 12.5. The molecule has 0 radical (unpaired) electrons. The highest BCUT2D eigenvalue weighted by Gasteiger charge is 2.40. The molecule has 1 unspecified atom stereocenters. The van der Waals surface area contributed by atoms with Crippen LogP contribution in [-0.4, -0.2) is 18.5 Å². The van der Waals surface area contributed by atoms with Crippen molar-refractivity contribution in [3.63, 3.8) is 0 Å². The normalized spacial score (nSPS) is 21.4. The summed E-state index contributed by atoms with van der Waals surface area (Å²) in [7, 11) is 0. The number of thioether (sulfide) groups is 1. The molecule has 1 aliphatic heterocycles. The average Bonchev–Trinajstić information content (AvgIpc) is 2.38. The third-order valence-corrected chi connectivity index (χ3v) is 3.56. The van der Waals surface area contributed by atoms with Gasteiger partial charge in [-0.05, 0) is 12.1 Å². The Morgan fingerprint density at radius 2 is 2.00 bits per heavy atom. The van der Waals surface area contributed by atoms with E-state index in [1.54, 1.807) is 6.07 Å². The molecule has 82 valence electrons. The molecule has 1 nitrogen and oxygen atoms in total. The van der Waals surface area contributed by atoms with Crippen LogP contribution in [0.3, 0.4) is 0 Å². The molecule has 0 saturated carbocycles. The molecule has 1 aromatic rings. The van der Waals surface area contributed by atoms with Crippen molar-refractivity contribution in [1.82, 2.24) is 0 Å². The number of anilines is 1. The first-order valence-electron chi connectivity index (χ1n) is 4.60. The number of nitrogens with one attached hydrogen (secondary N) is 1. The summed E-state index contributed by atoms with van der Waals surface area (Å²) in [6.07, 6.45) is -4.11. The monoisotopic (exact) mass is 233 g/mol. The molecule has 0 bridgehead atoms. The smallest absolute Gasteiger partial charge is 0.383 e. The maximum absolute atomic E-state index is 12.5. The molecule has 0 amide bonds. The third-order valence-electron chi connectivity index (χ3n) is 2.33. The predicted molar refractivity (Wildman–Crippen MR) is 55.2 cm³/mol. The molecule has 0 saturated heterocycles. The molecular weight excluding hydrogens is 223 g/mol. The van der Waals surface area contributed by atoms with Gasteiger partial charge in [0.05, 0.1) is 5.92 Å². The second kappa shape index (κ2) is 3.96. The first-order chi connectivity index (χ1) is 7.07. The molecule has 1 heterocycles. The van der Waals surface area contributed by atoms with Gasteiger partial charge in [-0.1, -0.05) is 12.1 Å². The summed E-state index contributed by atoms with van der Waals surface area (Å²) in [4.78, 5) is 0.893. The third kappa shape index (κ3) is 2.40. The van der Waals surface area contributed by atoms with Crippen LogP contribution in [0.4, 0.5) is 18.9 Å². The van der Waals surface area contributed by atoms with Gasteiger partial charge in [0.25, 0.3) is 0 Å². The Hall–Kier alpha value is -0.840. The lowest BCUT2D eigenvalue weighted by Gasteiger charge is -2.17. The summed E-state index contributed by atoms with van der Waals surface area (Å²) in [6, 6.07) is 7.30. The van der Waals surface area contributed by atoms with E-state index in [9.17, 15) is 13.2 Å². The van der Waals surface area contributed by atoms with Crippen molar-refractivity contribution in [2.45, 2.75) is 11.1 Å². The molecule has 1 atom stereocenters. The zero-order valence-corrected chi connectivity index (χ0v) is 8.66. The zero-order valence-electron chi connectivity index (χ0n) is 7.84. The van der Waals surface area contributed by atoms with Crippen molar-refractivity contribution < 1.29 is 13.2 Å². The van der Waals surface area contributed by atoms with E-state index in [1.165, 1.54) is 11.8 Å². The van der Waals surface area contributed by atoms with Gasteiger partial charge in [-0.15, -0.1) is 11.8 Å². The number of fused-ring (bicyclic) bond motifs is 1. The highest BCUT2D eigenvalue weighted by Crippen LogP contribution is 2.37. The number of benzene rings is 1. The topological polar surface area (TPSA) is 12.0 Å². The molecule has 1 aliphatic rings. The maximum Gasteiger partial charge on any atom is 0.394 e. The van der Waals surface area contributed by atoms with Crippen molar-refractivity contribution in [3.8, 4) is 0 Å². The molecule has 2 rings (SSSR count). The fourth-order valence-corrected chi connectivity index (χ4v) is 2.59. The zero-order chi connectivity index (χ0) is 10.9. The standard InChI is InChI=1S/C10H10F3NS/c11-10(12,13)7-5-14-8-3-1-2-4-9(8)15-6-7/h1-4,7,14H,5-6H2. The molecule has 1 N–H and O–H groups in total. The summed E-state index contributed by atoms with van der Waals surface area (Å²) >= 11 is 1.26. The van der Waals surface area contributed by atoms with E-state index in [-0.39, 0.29) is 12.3 Å². The quantitative estimate of drug-likeness (QED) is 0.737. The lowest BCUT2D eigenvalue weighted by Crippen LogP contribution is -2.30.